The van der Waals surface area contributed by atoms with Crippen LogP contribution in [0.25, 0.3) is 0 Å². The Kier molecular flexibility index (Phi) is 7.70. The van der Waals surface area contributed by atoms with E-state index < -0.39 is 11.8 Å². The second-order valence-corrected chi connectivity index (χ2v) is 4.48. The summed E-state index contributed by atoms with van der Waals surface area (Å²) in [4.78, 5) is 18.6. The van der Waals surface area contributed by atoms with Crippen LogP contribution in [0.1, 0.15) is 62.5 Å². The molecular formula is C14H21FN2O2. The number of halogens is 1. The van der Waals surface area contributed by atoms with Crippen LogP contribution >= 0.6 is 0 Å². The van der Waals surface area contributed by atoms with Gasteiger partial charge in [-0.3, -0.25) is 0 Å². The van der Waals surface area contributed by atoms with Gasteiger partial charge >= 0.3 is 5.97 Å². The number of ether oxygens (including phenoxy) is 1. The van der Waals surface area contributed by atoms with Crippen molar-refractivity contribution >= 4 is 5.97 Å². The third kappa shape index (κ3) is 6.84. The van der Waals surface area contributed by atoms with Crippen molar-refractivity contribution in [1.29, 1.82) is 0 Å². The quantitative estimate of drug-likeness (QED) is 0.508. The van der Waals surface area contributed by atoms with E-state index in [-0.39, 0.29) is 5.82 Å². The van der Waals surface area contributed by atoms with Gasteiger partial charge in [-0.25, -0.2) is 19.2 Å². The Bertz CT molecular complexity index is 368. The molecule has 0 aliphatic heterocycles. The molecule has 0 unspecified atom stereocenters. The lowest BCUT2D eigenvalue weighted by Gasteiger charge is -2.03. The zero-order valence-corrected chi connectivity index (χ0v) is 11.4. The number of aromatic nitrogens is 2. The molecule has 19 heavy (non-hydrogen) atoms. The van der Waals surface area contributed by atoms with Gasteiger partial charge in [-0.2, -0.15) is 0 Å². The Morgan fingerprint density at radius 1 is 1.11 bits per heavy atom. The minimum atomic E-state index is -0.592. The number of esters is 1. The summed E-state index contributed by atoms with van der Waals surface area (Å²) in [6.07, 6.45) is 10.0. The van der Waals surface area contributed by atoms with Crippen LogP contribution in [-0.2, 0) is 4.74 Å². The van der Waals surface area contributed by atoms with E-state index in [1.54, 1.807) is 0 Å². The molecule has 0 amide bonds. The summed E-state index contributed by atoms with van der Waals surface area (Å²) in [6.45, 7) is 2.56. The van der Waals surface area contributed by atoms with Gasteiger partial charge < -0.3 is 4.74 Å². The summed E-state index contributed by atoms with van der Waals surface area (Å²) >= 11 is 0. The van der Waals surface area contributed by atoms with Gasteiger partial charge in [0.05, 0.1) is 19.0 Å². The van der Waals surface area contributed by atoms with Crippen LogP contribution in [0.4, 0.5) is 4.39 Å². The number of hydrogen-bond donors (Lipinski definition) is 0. The molecule has 0 aliphatic carbocycles. The van der Waals surface area contributed by atoms with Crippen molar-refractivity contribution in [2.24, 2.45) is 0 Å². The van der Waals surface area contributed by atoms with Gasteiger partial charge in [-0.05, 0) is 6.42 Å². The average molecular weight is 268 g/mol. The van der Waals surface area contributed by atoms with Gasteiger partial charge in [0, 0.05) is 0 Å². The molecule has 0 aliphatic rings. The number of unbranched alkanes of at least 4 members (excludes halogenated alkanes) is 6. The fourth-order valence-corrected chi connectivity index (χ4v) is 1.71. The van der Waals surface area contributed by atoms with E-state index in [0.717, 1.165) is 25.2 Å². The first kappa shape index (κ1) is 15.5. The highest BCUT2D eigenvalue weighted by Gasteiger charge is 2.10. The van der Waals surface area contributed by atoms with Gasteiger partial charge in [0.1, 0.15) is 0 Å². The van der Waals surface area contributed by atoms with Crippen molar-refractivity contribution in [3.8, 4) is 0 Å². The summed E-state index contributed by atoms with van der Waals surface area (Å²) in [6, 6.07) is 0. The molecule has 1 heterocycles. The number of rotatable bonds is 9. The summed E-state index contributed by atoms with van der Waals surface area (Å²) in [5.74, 6) is -1.25. The number of hydrogen-bond acceptors (Lipinski definition) is 4. The molecule has 0 bridgehead atoms. The lowest BCUT2D eigenvalue weighted by atomic mass is 10.1. The average Bonchev–Trinajstić information content (AvgIpc) is 2.42. The molecule has 0 fully saturated rings. The van der Waals surface area contributed by atoms with Crippen LogP contribution in [0.5, 0.6) is 0 Å². The largest absolute Gasteiger partial charge is 0.460 e. The third-order valence-electron chi connectivity index (χ3n) is 2.78. The standard InChI is InChI=1S/C14H21FN2O2/c1-2-3-4-5-6-7-8-9-19-14(18)13-16-10-12(15)11-17-13/h10-11H,2-9H2,1H3. The molecular weight excluding hydrogens is 247 g/mol. The molecule has 106 valence electrons. The number of carbonyl (C=O) groups is 1. The predicted octanol–water partition coefficient (Wildman–Crippen LogP) is 3.52. The lowest BCUT2D eigenvalue weighted by molar-refractivity contribution is 0.0483. The Labute approximate surface area is 113 Å². The second-order valence-electron chi connectivity index (χ2n) is 4.48. The maximum Gasteiger partial charge on any atom is 0.376 e. The SMILES string of the molecule is CCCCCCCCCOC(=O)c1ncc(F)cn1. The third-order valence-corrected chi connectivity index (χ3v) is 2.78. The normalized spacial score (nSPS) is 10.4. The van der Waals surface area contributed by atoms with Gasteiger partial charge in [0.25, 0.3) is 0 Å². The lowest BCUT2D eigenvalue weighted by Crippen LogP contribution is -2.10. The molecule has 5 heteroatoms. The molecule has 1 aromatic rings. The minimum absolute atomic E-state index is 0.0932. The van der Waals surface area contributed by atoms with Crippen molar-refractivity contribution in [3.05, 3.63) is 24.0 Å². The molecule has 0 saturated carbocycles. The van der Waals surface area contributed by atoms with E-state index in [9.17, 15) is 9.18 Å². The smallest absolute Gasteiger partial charge is 0.376 e. The number of carbonyl (C=O) groups excluding carboxylic acids is 1. The molecule has 0 spiro atoms. The molecule has 4 nitrogen and oxygen atoms in total. The van der Waals surface area contributed by atoms with Crippen molar-refractivity contribution < 1.29 is 13.9 Å². The Balaban J connectivity index is 2.06. The maximum absolute atomic E-state index is 12.6. The van der Waals surface area contributed by atoms with Crippen LogP contribution in [0.2, 0.25) is 0 Å². The fourth-order valence-electron chi connectivity index (χ4n) is 1.71. The fraction of sp³-hybridized carbons (Fsp3) is 0.643. The highest BCUT2D eigenvalue weighted by molar-refractivity contribution is 5.84. The van der Waals surface area contributed by atoms with Gasteiger partial charge in [-0.1, -0.05) is 45.4 Å². The Morgan fingerprint density at radius 2 is 1.68 bits per heavy atom. The first-order valence-electron chi connectivity index (χ1n) is 6.88. The van der Waals surface area contributed by atoms with Crippen LogP contribution in [-0.4, -0.2) is 22.5 Å². The van der Waals surface area contributed by atoms with E-state index in [2.05, 4.69) is 16.9 Å². The molecule has 0 atom stereocenters. The van der Waals surface area contributed by atoms with Crippen LogP contribution in [0, 0.1) is 5.82 Å². The summed E-state index contributed by atoms with van der Waals surface area (Å²) < 4.78 is 17.6. The monoisotopic (exact) mass is 268 g/mol. The van der Waals surface area contributed by atoms with E-state index in [1.807, 2.05) is 0 Å². The highest BCUT2D eigenvalue weighted by Crippen LogP contribution is 2.07. The Hall–Kier alpha value is -1.52. The summed E-state index contributed by atoms with van der Waals surface area (Å²) in [5.41, 5.74) is 0. The molecule has 0 N–H and O–H groups in total. The highest BCUT2D eigenvalue weighted by atomic mass is 19.1. The maximum atomic E-state index is 12.6. The molecule has 0 radical (unpaired) electrons. The zero-order chi connectivity index (χ0) is 13.9. The Morgan fingerprint density at radius 3 is 2.32 bits per heavy atom. The van der Waals surface area contributed by atoms with Crippen molar-refractivity contribution in [3.63, 3.8) is 0 Å². The first-order valence-corrected chi connectivity index (χ1v) is 6.88. The van der Waals surface area contributed by atoms with Crippen molar-refractivity contribution in [1.82, 2.24) is 9.97 Å². The summed E-state index contributed by atoms with van der Waals surface area (Å²) in [5, 5.41) is 0. The molecule has 1 aromatic heterocycles. The van der Waals surface area contributed by atoms with Gasteiger partial charge in [0.15, 0.2) is 5.82 Å². The minimum Gasteiger partial charge on any atom is -0.460 e. The second kappa shape index (κ2) is 9.42. The predicted molar refractivity (Wildman–Crippen MR) is 70.3 cm³/mol. The first-order chi connectivity index (χ1) is 9.24. The van der Waals surface area contributed by atoms with Gasteiger partial charge in [-0.15, -0.1) is 0 Å². The van der Waals surface area contributed by atoms with Crippen molar-refractivity contribution in [2.75, 3.05) is 6.61 Å². The van der Waals surface area contributed by atoms with Crippen molar-refractivity contribution in [2.45, 2.75) is 51.9 Å². The number of nitrogens with zero attached hydrogens (tertiary/aromatic N) is 2. The summed E-state index contributed by atoms with van der Waals surface area (Å²) in [7, 11) is 0. The van der Waals surface area contributed by atoms with Gasteiger partial charge in [0.2, 0.25) is 5.82 Å². The van der Waals surface area contributed by atoms with E-state index in [1.165, 1.54) is 32.1 Å². The molecule has 0 saturated heterocycles. The topological polar surface area (TPSA) is 52.1 Å². The van der Waals surface area contributed by atoms with E-state index in [4.69, 9.17) is 4.74 Å². The molecule has 0 aromatic carbocycles. The molecule has 1 rings (SSSR count). The van der Waals surface area contributed by atoms with E-state index >= 15 is 0 Å². The van der Waals surface area contributed by atoms with Crippen LogP contribution < -0.4 is 0 Å². The van der Waals surface area contributed by atoms with E-state index in [0.29, 0.717) is 6.61 Å². The van der Waals surface area contributed by atoms with Crippen LogP contribution in [0.15, 0.2) is 12.4 Å². The van der Waals surface area contributed by atoms with Crippen LogP contribution in [0.3, 0.4) is 0 Å². The zero-order valence-electron chi connectivity index (χ0n) is 11.4.